The van der Waals surface area contributed by atoms with Crippen LogP contribution >= 0.6 is 11.6 Å². The van der Waals surface area contributed by atoms with Crippen molar-refractivity contribution >= 4 is 23.4 Å². The van der Waals surface area contributed by atoms with E-state index >= 15 is 0 Å². The zero-order chi connectivity index (χ0) is 17.6. The van der Waals surface area contributed by atoms with E-state index in [4.69, 9.17) is 11.6 Å². The molecule has 1 aromatic heterocycles. The van der Waals surface area contributed by atoms with Gasteiger partial charge < -0.3 is 15.5 Å². The van der Waals surface area contributed by atoms with E-state index in [1.165, 1.54) is 12.1 Å². The number of benzene rings is 1. The van der Waals surface area contributed by atoms with E-state index < -0.39 is 0 Å². The van der Waals surface area contributed by atoms with Crippen molar-refractivity contribution in [2.24, 2.45) is 4.99 Å². The van der Waals surface area contributed by atoms with Gasteiger partial charge in [-0.1, -0.05) is 23.7 Å². The Morgan fingerprint density at radius 2 is 2.28 bits per heavy atom. The van der Waals surface area contributed by atoms with Gasteiger partial charge in [-0.3, -0.25) is 4.99 Å². The molecule has 1 aliphatic heterocycles. The number of aromatic nitrogens is 1. The first-order valence-electron chi connectivity index (χ1n) is 8.23. The second-order valence-electron chi connectivity index (χ2n) is 5.94. The van der Waals surface area contributed by atoms with Gasteiger partial charge in [-0.25, -0.2) is 9.37 Å². The number of guanidine groups is 1. The summed E-state index contributed by atoms with van der Waals surface area (Å²) in [5, 5.41) is 7.28. The summed E-state index contributed by atoms with van der Waals surface area (Å²) in [6.45, 7) is 2.20. The number of hydrogen-bond acceptors (Lipinski definition) is 3. The third-order valence-electron chi connectivity index (χ3n) is 4.14. The minimum atomic E-state index is -0.235. The molecular formula is C18H21ClFN5. The van der Waals surface area contributed by atoms with Crippen LogP contribution in [0.1, 0.15) is 12.0 Å². The van der Waals surface area contributed by atoms with Gasteiger partial charge in [0.15, 0.2) is 5.96 Å². The molecule has 3 rings (SSSR count). The van der Waals surface area contributed by atoms with E-state index in [9.17, 15) is 4.39 Å². The van der Waals surface area contributed by atoms with Crippen molar-refractivity contribution < 1.29 is 4.39 Å². The number of nitrogens with zero attached hydrogens (tertiary/aromatic N) is 3. The monoisotopic (exact) mass is 361 g/mol. The normalized spacial score (nSPS) is 17.6. The molecule has 2 N–H and O–H groups in total. The average molecular weight is 362 g/mol. The lowest BCUT2D eigenvalue weighted by atomic mass is 10.2. The van der Waals surface area contributed by atoms with Crippen molar-refractivity contribution in [1.82, 2.24) is 15.6 Å². The second kappa shape index (κ2) is 8.16. The summed E-state index contributed by atoms with van der Waals surface area (Å²) in [7, 11) is 1.73. The van der Waals surface area contributed by atoms with Gasteiger partial charge in [0.05, 0.1) is 5.02 Å². The van der Waals surface area contributed by atoms with E-state index in [1.807, 2.05) is 18.2 Å². The van der Waals surface area contributed by atoms with E-state index in [2.05, 4.69) is 25.5 Å². The molecule has 25 heavy (non-hydrogen) atoms. The van der Waals surface area contributed by atoms with Crippen molar-refractivity contribution in [3.63, 3.8) is 0 Å². The summed E-state index contributed by atoms with van der Waals surface area (Å²) in [6, 6.07) is 10.5. The molecule has 2 aromatic rings. The number of halogens is 2. The number of hydrogen-bond donors (Lipinski definition) is 2. The SMILES string of the molecule is CN=C(NCc1cccc(F)c1)NC1CCN(c2ncccc2Cl)C1. The van der Waals surface area contributed by atoms with Crippen LogP contribution in [0.5, 0.6) is 0 Å². The Labute approximate surface area is 151 Å². The molecule has 0 amide bonds. The van der Waals surface area contributed by atoms with Crippen LogP contribution < -0.4 is 15.5 Å². The van der Waals surface area contributed by atoms with E-state index in [0.717, 1.165) is 30.9 Å². The van der Waals surface area contributed by atoms with Crippen LogP contribution in [-0.2, 0) is 6.54 Å². The Balaban J connectivity index is 1.54. The molecule has 5 nitrogen and oxygen atoms in total. The molecule has 1 atom stereocenters. The van der Waals surface area contributed by atoms with Crippen LogP contribution in [-0.4, -0.2) is 37.1 Å². The first-order valence-corrected chi connectivity index (χ1v) is 8.60. The largest absolute Gasteiger partial charge is 0.353 e. The van der Waals surface area contributed by atoms with Gasteiger partial charge in [-0.2, -0.15) is 0 Å². The van der Waals surface area contributed by atoms with Crippen LogP contribution in [0.25, 0.3) is 0 Å². The van der Waals surface area contributed by atoms with Crippen LogP contribution in [0.15, 0.2) is 47.6 Å². The molecule has 0 bridgehead atoms. The minimum Gasteiger partial charge on any atom is -0.353 e. The molecule has 0 aliphatic carbocycles. The summed E-state index contributed by atoms with van der Waals surface area (Å²) in [4.78, 5) is 10.8. The fraction of sp³-hybridized carbons (Fsp3) is 0.333. The van der Waals surface area contributed by atoms with E-state index in [0.29, 0.717) is 17.5 Å². The third kappa shape index (κ3) is 4.60. The van der Waals surface area contributed by atoms with Gasteiger partial charge in [-0.15, -0.1) is 0 Å². The van der Waals surface area contributed by atoms with Crippen molar-refractivity contribution in [1.29, 1.82) is 0 Å². The summed E-state index contributed by atoms with van der Waals surface area (Å²) in [6.07, 6.45) is 2.72. The second-order valence-corrected chi connectivity index (χ2v) is 6.35. The van der Waals surface area contributed by atoms with E-state index in [-0.39, 0.29) is 11.9 Å². The number of anilines is 1. The fourth-order valence-electron chi connectivity index (χ4n) is 2.90. The molecule has 1 aliphatic rings. The summed E-state index contributed by atoms with van der Waals surface area (Å²) in [5.74, 6) is 1.28. The van der Waals surface area contributed by atoms with Gasteiger partial charge in [0.1, 0.15) is 11.6 Å². The molecule has 0 saturated carbocycles. The van der Waals surface area contributed by atoms with Gasteiger partial charge in [-0.05, 0) is 36.2 Å². The number of aliphatic imine (C=N–C) groups is 1. The Morgan fingerprint density at radius 1 is 1.40 bits per heavy atom. The van der Waals surface area contributed by atoms with Crippen molar-refractivity contribution in [2.45, 2.75) is 19.0 Å². The Morgan fingerprint density at radius 3 is 3.04 bits per heavy atom. The molecule has 2 heterocycles. The highest BCUT2D eigenvalue weighted by molar-refractivity contribution is 6.32. The lowest BCUT2D eigenvalue weighted by molar-refractivity contribution is 0.623. The van der Waals surface area contributed by atoms with E-state index in [1.54, 1.807) is 19.3 Å². The standard InChI is InChI=1S/C18H21ClFN5/c1-21-18(23-11-13-4-2-5-14(20)10-13)24-15-7-9-25(12-15)17-16(19)6-3-8-22-17/h2-6,8,10,15H,7,9,11-12H2,1H3,(H2,21,23,24). The van der Waals surface area contributed by atoms with Crippen molar-refractivity contribution in [3.8, 4) is 0 Å². The first kappa shape index (κ1) is 17.5. The van der Waals surface area contributed by atoms with Gasteiger partial charge in [0.25, 0.3) is 0 Å². The summed E-state index contributed by atoms with van der Waals surface area (Å²) < 4.78 is 13.2. The van der Waals surface area contributed by atoms with Crippen LogP contribution in [0.2, 0.25) is 5.02 Å². The Hall–Kier alpha value is -2.34. The first-order chi connectivity index (χ1) is 12.2. The number of pyridine rings is 1. The highest BCUT2D eigenvalue weighted by atomic mass is 35.5. The molecular weight excluding hydrogens is 341 g/mol. The molecule has 1 saturated heterocycles. The quantitative estimate of drug-likeness (QED) is 0.649. The molecule has 1 fully saturated rings. The maximum atomic E-state index is 13.2. The maximum Gasteiger partial charge on any atom is 0.191 e. The maximum absolute atomic E-state index is 13.2. The molecule has 132 valence electrons. The Kier molecular flexibility index (Phi) is 5.71. The average Bonchev–Trinajstić information content (AvgIpc) is 3.07. The highest BCUT2D eigenvalue weighted by Gasteiger charge is 2.25. The molecule has 1 unspecified atom stereocenters. The predicted octanol–water partition coefficient (Wildman–Crippen LogP) is 2.82. The predicted molar refractivity (Wildman–Crippen MR) is 99.6 cm³/mol. The molecule has 1 aromatic carbocycles. The highest BCUT2D eigenvalue weighted by Crippen LogP contribution is 2.25. The zero-order valence-corrected chi connectivity index (χ0v) is 14.8. The number of rotatable bonds is 4. The van der Waals surface area contributed by atoms with Crippen molar-refractivity contribution in [2.75, 3.05) is 25.0 Å². The molecule has 0 radical (unpaired) electrons. The lowest BCUT2D eigenvalue weighted by Crippen LogP contribution is -2.44. The third-order valence-corrected chi connectivity index (χ3v) is 4.44. The van der Waals surface area contributed by atoms with Crippen LogP contribution in [0.4, 0.5) is 10.2 Å². The fourth-order valence-corrected chi connectivity index (χ4v) is 3.14. The summed E-state index contributed by atoms with van der Waals surface area (Å²) in [5.41, 5.74) is 0.872. The van der Waals surface area contributed by atoms with Gasteiger partial charge in [0, 0.05) is 38.9 Å². The van der Waals surface area contributed by atoms with Gasteiger partial charge in [0.2, 0.25) is 0 Å². The topological polar surface area (TPSA) is 52.6 Å². The smallest absolute Gasteiger partial charge is 0.191 e. The van der Waals surface area contributed by atoms with Crippen LogP contribution in [0.3, 0.4) is 0 Å². The van der Waals surface area contributed by atoms with Crippen LogP contribution in [0, 0.1) is 5.82 Å². The molecule has 7 heteroatoms. The number of nitrogens with one attached hydrogen (secondary N) is 2. The Bertz CT molecular complexity index is 752. The lowest BCUT2D eigenvalue weighted by Gasteiger charge is -2.20. The minimum absolute atomic E-state index is 0.235. The molecule has 0 spiro atoms. The summed E-state index contributed by atoms with van der Waals surface area (Å²) >= 11 is 6.22. The van der Waals surface area contributed by atoms with Crippen molar-refractivity contribution in [3.05, 3.63) is 59.0 Å². The zero-order valence-electron chi connectivity index (χ0n) is 14.0. The van der Waals surface area contributed by atoms with Gasteiger partial charge >= 0.3 is 0 Å².